The van der Waals surface area contributed by atoms with Crippen LogP contribution < -0.4 is 10.1 Å². The van der Waals surface area contributed by atoms with E-state index in [2.05, 4.69) is 20.5 Å². The van der Waals surface area contributed by atoms with E-state index >= 15 is 0 Å². The fourth-order valence-electron chi connectivity index (χ4n) is 2.48. The molecule has 11 heteroatoms. The van der Waals surface area contributed by atoms with Gasteiger partial charge >= 0.3 is 6.18 Å². The van der Waals surface area contributed by atoms with E-state index in [1.54, 1.807) is 0 Å². The Labute approximate surface area is 165 Å². The Bertz CT molecular complexity index is 817. The van der Waals surface area contributed by atoms with Crippen LogP contribution in [0, 0.1) is 6.92 Å². The highest BCUT2D eigenvalue weighted by Gasteiger charge is 2.32. The fourth-order valence-corrected chi connectivity index (χ4v) is 2.92. The van der Waals surface area contributed by atoms with Gasteiger partial charge in [0.1, 0.15) is 5.75 Å². The summed E-state index contributed by atoms with van der Waals surface area (Å²) in [6.07, 6.45) is -3.18. The van der Waals surface area contributed by atoms with Crippen LogP contribution in [-0.2, 0) is 15.7 Å². The normalized spacial score (nSPS) is 11.8. The minimum Gasteiger partial charge on any atom is -0.496 e. The van der Waals surface area contributed by atoms with Gasteiger partial charge in [-0.2, -0.15) is 13.2 Å². The molecule has 2 aromatic rings. The summed E-state index contributed by atoms with van der Waals surface area (Å²) >= 11 is 1.33. The number of alkyl halides is 3. The summed E-state index contributed by atoms with van der Waals surface area (Å²) in [5.41, 5.74) is -0.141. The van der Waals surface area contributed by atoms with Crippen molar-refractivity contribution in [2.24, 2.45) is 0 Å². The Balaban J connectivity index is 2.49. The van der Waals surface area contributed by atoms with Gasteiger partial charge in [0.15, 0.2) is 23.0 Å². The van der Waals surface area contributed by atoms with Gasteiger partial charge in [-0.15, -0.1) is 22.0 Å². The summed E-state index contributed by atoms with van der Waals surface area (Å²) in [4.78, 5) is 4.44. The topological polar surface area (TPSA) is 78.4 Å². The molecule has 1 aromatic heterocycles. The van der Waals surface area contributed by atoms with Crippen molar-refractivity contribution in [3.8, 4) is 17.1 Å². The lowest BCUT2D eigenvalue weighted by Gasteiger charge is -2.17. The van der Waals surface area contributed by atoms with Crippen LogP contribution >= 0.6 is 11.8 Å². The summed E-state index contributed by atoms with van der Waals surface area (Å²) in [5.74, 6) is 0.580. The van der Waals surface area contributed by atoms with E-state index in [0.29, 0.717) is 28.5 Å². The molecule has 0 atom stereocenters. The lowest BCUT2D eigenvalue weighted by atomic mass is 10.0. The lowest BCUT2D eigenvalue weighted by Crippen LogP contribution is -2.24. The highest BCUT2D eigenvalue weighted by molar-refractivity contribution is 7.98. The number of hydrogen-bond donors (Lipinski definition) is 1. The van der Waals surface area contributed by atoms with Crippen LogP contribution in [0.25, 0.3) is 11.4 Å². The fraction of sp³-hybridized carbons (Fsp3) is 0.471. The number of aryl methyl sites for hydroxylation is 1. The molecule has 1 heterocycles. The first-order valence-corrected chi connectivity index (χ1v) is 9.32. The van der Waals surface area contributed by atoms with Crippen molar-refractivity contribution < 1.29 is 27.4 Å². The van der Waals surface area contributed by atoms with E-state index in [0.717, 1.165) is 12.1 Å². The van der Waals surface area contributed by atoms with E-state index in [1.165, 1.54) is 40.0 Å². The van der Waals surface area contributed by atoms with E-state index in [-0.39, 0.29) is 11.6 Å². The smallest absolute Gasteiger partial charge is 0.416 e. The minimum absolute atomic E-state index is 0.0173. The molecule has 2 rings (SSSR count). The van der Waals surface area contributed by atoms with Crippen LogP contribution in [0.1, 0.15) is 11.1 Å². The Morgan fingerprint density at radius 3 is 2.36 bits per heavy atom. The first-order chi connectivity index (χ1) is 13.2. The van der Waals surface area contributed by atoms with Gasteiger partial charge < -0.3 is 19.5 Å². The molecule has 0 spiro atoms. The second kappa shape index (κ2) is 9.39. The molecule has 28 heavy (non-hydrogen) atoms. The highest BCUT2D eigenvalue weighted by Crippen LogP contribution is 2.39. The molecule has 0 aliphatic rings. The standard InChI is InChI=1S/C17H21F3N4O3S/c1-9-6-10(17(18,19)20)7-11(25-2)13(9)14-22-15(16(28-5)24-23-14)21-8-12(26-3)27-4/h6-7,12H,8H2,1-5H3,(H,21,22,23). The molecule has 0 unspecified atom stereocenters. The molecule has 0 radical (unpaired) electrons. The van der Waals surface area contributed by atoms with Crippen molar-refractivity contribution in [1.29, 1.82) is 0 Å². The van der Waals surface area contributed by atoms with Crippen molar-refractivity contribution in [3.63, 3.8) is 0 Å². The number of hydrogen-bond acceptors (Lipinski definition) is 8. The van der Waals surface area contributed by atoms with Crippen LogP contribution in [0.2, 0.25) is 0 Å². The van der Waals surface area contributed by atoms with E-state index < -0.39 is 18.0 Å². The van der Waals surface area contributed by atoms with Gasteiger partial charge in [0.05, 0.1) is 24.8 Å². The lowest BCUT2D eigenvalue weighted by molar-refractivity contribution is -0.137. The Hall–Kier alpha value is -2.11. The van der Waals surface area contributed by atoms with Gasteiger partial charge in [0, 0.05) is 14.2 Å². The molecule has 0 aliphatic heterocycles. The van der Waals surface area contributed by atoms with Gasteiger partial charge in [-0.3, -0.25) is 0 Å². The van der Waals surface area contributed by atoms with Crippen LogP contribution in [-0.4, -0.2) is 55.6 Å². The van der Waals surface area contributed by atoms with Crippen LogP contribution in [0.4, 0.5) is 19.0 Å². The monoisotopic (exact) mass is 418 g/mol. The third-order valence-corrected chi connectivity index (χ3v) is 4.54. The predicted molar refractivity (Wildman–Crippen MR) is 99.6 cm³/mol. The number of methoxy groups -OCH3 is 3. The third kappa shape index (κ3) is 5.03. The summed E-state index contributed by atoms with van der Waals surface area (Å²) in [6.45, 7) is 1.83. The summed E-state index contributed by atoms with van der Waals surface area (Å²) in [6, 6.07) is 1.95. The van der Waals surface area contributed by atoms with Crippen molar-refractivity contribution in [2.45, 2.75) is 24.4 Å². The summed E-state index contributed by atoms with van der Waals surface area (Å²) < 4.78 is 54.7. The summed E-state index contributed by atoms with van der Waals surface area (Å²) in [7, 11) is 4.31. The van der Waals surface area contributed by atoms with Crippen molar-refractivity contribution in [1.82, 2.24) is 15.2 Å². The first-order valence-electron chi connectivity index (χ1n) is 8.09. The second-order valence-corrected chi connectivity index (χ2v) is 6.44. The maximum absolute atomic E-state index is 13.1. The van der Waals surface area contributed by atoms with Gasteiger partial charge in [-0.25, -0.2) is 4.98 Å². The quantitative estimate of drug-likeness (QED) is 0.514. The first kappa shape index (κ1) is 22.2. The minimum atomic E-state index is -4.49. The summed E-state index contributed by atoms with van der Waals surface area (Å²) in [5, 5.41) is 11.8. The average molecular weight is 418 g/mol. The zero-order valence-electron chi connectivity index (χ0n) is 16.0. The number of halogens is 3. The third-order valence-electron chi connectivity index (χ3n) is 3.88. The van der Waals surface area contributed by atoms with Crippen molar-refractivity contribution >= 4 is 17.6 Å². The molecule has 0 bridgehead atoms. The van der Waals surface area contributed by atoms with Gasteiger partial charge in [0.2, 0.25) is 0 Å². The number of aromatic nitrogens is 3. The van der Waals surface area contributed by atoms with Crippen LogP contribution in [0.3, 0.4) is 0 Å². The van der Waals surface area contributed by atoms with Crippen molar-refractivity contribution in [2.75, 3.05) is 39.4 Å². The molecule has 0 fully saturated rings. The Morgan fingerprint density at radius 1 is 1.14 bits per heavy atom. The Kier molecular flexibility index (Phi) is 7.44. The number of anilines is 1. The largest absolute Gasteiger partial charge is 0.496 e. The van der Waals surface area contributed by atoms with Gasteiger partial charge in [-0.1, -0.05) is 0 Å². The molecule has 0 aliphatic carbocycles. The number of nitrogens with one attached hydrogen (secondary N) is 1. The van der Waals surface area contributed by atoms with Gasteiger partial charge in [-0.05, 0) is 30.9 Å². The second-order valence-electron chi connectivity index (χ2n) is 5.64. The SMILES string of the molecule is COc1cc(C(F)(F)F)cc(C)c1-c1nnc(SC)c(NCC(OC)OC)n1. The van der Waals surface area contributed by atoms with Crippen LogP contribution in [0.15, 0.2) is 17.2 Å². The molecule has 0 saturated carbocycles. The zero-order valence-corrected chi connectivity index (χ0v) is 16.9. The molecule has 0 amide bonds. The number of thioether (sulfide) groups is 1. The number of benzene rings is 1. The van der Waals surface area contributed by atoms with E-state index in [4.69, 9.17) is 14.2 Å². The molecular weight excluding hydrogens is 397 g/mol. The maximum atomic E-state index is 13.1. The molecule has 0 saturated heterocycles. The molecule has 154 valence electrons. The van der Waals surface area contributed by atoms with E-state index in [9.17, 15) is 13.2 Å². The number of ether oxygens (including phenoxy) is 3. The maximum Gasteiger partial charge on any atom is 0.416 e. The Morgan fingerprint density at radius 2 is 1.82 bits per heavy atom. The zero-order chi connectivity index (χ0) is 20.9. The van der Waals surface area contributed by atoms with Crippen LogP contribution in [0.5, 0.6) is 5.75 Å². The number of rotatable bonds is 8. The van der Waals surface area contributed by atoms with Crippen molar-refractivity contribution in [3.05, 3.63) is 23.3 Å². The van der Waals surface area contributed by atoms with E-state index in [1.807, 2.05) is 6.26 Å². The highest BCUT2D eigenvalue weighted by atomic mass is 32.2. The molecule has 1 N–H and O–H groups in total. The molecular formula is C17H21F3N4O3S. The molecule has 1 aromatic carbocycles. The number of nitrogens with zero attached hydrogens (tertiary/aromatic N) is 3. The van der Waals surface area contributed by atoms with Gasteiger partial charge in [0.25, 0.3) is 0 Å². The average Bonchev–Trinajstić information content (AvgIpc) is 2.67. The molecule has 7 nitrogen and oxygen atoms in total. The predicted octanol–water partition coefficient (Wildman–Crippen LogP) is 3.63.